The van der Waals surface area contributed by atoms with Crippen LogP contribution in [0.1, 0.15) is 40.0 Å². The van der Waals surface area contributed by atoms with E-state index in [0.717, 1.165) is 64.4 Å². The molecule has 1 aromatic carbocycles. The van der Waals surface area contributed by atoms with Crippen LogP contribution in [0.4, 0.5) is 5.69 Å². The van der Waals surface area contributed by atoms with Crippen molar-refractivity contribution in [3.63, 3.8) is 0 Å². The highest BCUT2D eigenvalue weighted by Crippen LogP contribution is 2.59. The van der Waals surface area contributed by atoms with E-state index in [0.29, 0.717) is 11.8 Å². The minimum Gasteiger partial charge on any atom is -0.495 e. The molecule has 2 aliphatic heterocycles. The molecule has 0 radical (unpaired) electrons. The maximum atomic E-state index is 13.2. The Hall–Kier alpha value is -1.75. The Morgan fingerprint density at radius 2 is 1.79 bits per heavy atom. The average molecular weight is 400 g/mol. The lowest BCUT2D eigenvalue weighted by Crippen LogP contribution is -2.56. The van der Waals surface area contributed by atoms with E-state index in [2.05, 4.69) is 47.6 Å². The predicted octanol–water partition coefficient (Wildman–Crippen LogP) is 3.49. The predicted molar refractivity (Wildman–Crippen MR) is 117 cm³/mol. The number of hydrogen-bond acceptors (Lipinski definition) is 4. The van der Waals surface area contributed by atoms with Crippen LogP contribution in [0.2, 0.25) is 0 Å². The van der Waals surface area contributed by atoms with Gasteiger partial charge in [0.05, 0.1) is 18.2 Å². The summed E-state index contributed by atoms with van der Waals surface area (Å²) >= 11 is 0. The van der Waals surface area contributed by atoms with Gasteiger partial charge in [0.1, 0.15) is 5.75 Å². The molecular formula is C24H37N3O2. The molecule has 0 spiro atoms. The van der Waals surface area contributed by atoms with Crippen molar-refractivity contribution in [2.45, 2.75) is 40.0 Å². The lowest BCUT2D eigenvalue weighted by Gasteiger charge is -2.49. The number of nitrogens with zero attached hydrogens (tertiary/aromatic N) is 3. The van der Waals surface area contributed by atoms with Crippen LogP contribution in [0.3, 0.4) is 0 Å². The van der Waals surface area contributed by atoms with Gasteiger partial charge in [0.15, 0.2) is 0 Å². The van der Waals surface area contributed by atoms with Gasteiger partial charge in [0.2, 0.25) is 5.91 Å². The molecule has 29 heavy (non-hydrogen) atoms. The van der Waals surface area contributed by atoms with Crippen LogP contribution in [0.5, 0.6) is 5.75 Å². The number of amides is 1. The van der Waals surface area contributed by atoms with Gasteiger partial charge >= 0.3 is 0 Å². The van der Waals surface area contributed by atoms with Gasteiger partial charge in [0, 0.05) is 39.3 Å². The standard InChI is InChI=1S/C24H37N3O2/c1-23(2)19-10-11-24(23,3)22(28)27(18-19)13-7-12-25-14-16-26(17-15-25)20-8-5-6-9-21(20)29-4/h5-6,8-9,19H,7,10-18H2,1-4H3/t19?,24-/m0/s1. The zero-order valence-electron chi connectivity index (χ0n) is 18.6. The quantitative estimate of drug-likeness (QED) is 0.734. The fraction of sp³-hybridized carbons (Fsp3) is 0.708. The number of likely N-dealkylation sites (tertiary alicyclic amines) is 1. The van der Waals surface area contributed by atoms with E-state index in [9.17, 15) is 4.79 Å². The van der Waals surface area contributed by atoms with E-state index in [-0.39, 0.29) is 10.8 Å². The first kappa shape index (κ1) is 20.5. The van der Waals surface area contributed by atoms with Gasteiger partial charge in [0.25, 0.3) is 0 Å². The SMILES string of the molecule is COc1ccccc1N1CCN(CCCN2CC3CC[C@@](C)(C2=O)C3(C)C)CC1. The molecule has 2 atom stereocenters. The highest BCUT2D eigenvalue weighted by atomic mass is 16.5. The summed E-state index contributed by atoms with van der Waals surface area (Å²) < 4.78 is 5.52. The Morgan fingerprint density at radius 3 is 2.52 bits per heavy atom. The van der Waals surface area contributed by atoms with E-state index in [1.165, 1.54) is 12.1 Å². The van der Waals surface area contributed by atoms with Crippen LogP contribution in [0, 0.1) is 16.7 Å². The molecule has 0 N–H and O–H groups in total. The number of piperazine rings is 1. The number of fused-ring (bicyclic) bond motifs is 2. The van der Waals surface area contributed by atoms with Crippen LogP contribution in [0.15, 0.2) is 24.3 Å². The van der Waals surface area contributed by atoms with Gasteiger partial charge < -0.3 is 14.5 Å². The zero-order chi connectivity index (χ0) is 20.6. The van der Waals surface area contributed by atoms with Crippen molar-refractivity contribution in [2.24, 2.45) is 16.7 Å². The number of rotatable bonds is 6. The second-order valence-corrected chi connectivity index (χ2v) is 9.89. The smallest absolute Gasteiger partial charge is 0.229 e. The average Bonchev–Trinajstić information content (AvgIpc) is 2.87. The number of methoxy groups -OCH3 is 1. The van der Waals surface area contributed by atoms with Crippen molar-refractivity contribution >= 4 is 11.6 Å². The van der Waals surface area contributed by atoms with Crippen LogP contribution >= 0.6 is 0 Å². The molecule has 1 unspecified atom stereocenters. The first-order chi connectivity index (χ1) is 13.9. The van der Waals surface area contributed by atoms with Crippen LogP contribution < -0.4 is 9.64 Å². The second-order valence-electron chi connectivity index (χ2n) is 9.89. The molecule has 5 heteroatoms. The largest absolute Gasteiger partial charge is 0.495 e. The topological polar surface area (TPSA) is 36.0 Å². The number of carbonyl (C=O) groups excluding carboxylic acids is 1. The molecule has 5 nitrogen and oxygen atoms in total. The number of para-hydroxylation sites is 2. The maximum absolute atomic E-state index is 13.2. The molecule has 1 amide bonds. The molecule has 2 heterocycles. The lowest BCUT2D eigenvalue weighted by molar-refractivity contribution is -0.155. The molecule has 3 fully saturated rings. The fourth-order valence-corrected chi connectivity index (χ4v) is 5.78. The summed E-state index contributed by atoms with van der Waals surface area (Å²) in [5.74, 6) is 2.02. The van der Waals surface area contributed by atoms with Crippen LogP contribution in [-0.2, 0) is 4.79 Å². The van der Waals surface area contributed by atoms with E-state index >= 15 is 0 Å². The molecular weight excluding hydrogens is 362 g/mol. The molecule has 2 bridgehead atoms. The Labute approximate surface area is 176 Å². The molecule has 1 saturated carbocycles. The van der Waals surface area contributed by atoms with Crippen molar-refractivity contribution < 1.29 is 9.53 Å². The molecule has 3 aliphatic rings. The van der Waals surface area contributed by atoms with Crippen molar-refractivity contribution in [3.05, 3.63) is 24.3 Å². The minimum absolute atomic E-state index is 0.148. The number of hydrogen-bond donors (Lipinski definition) is 0. The number of piperidine rings is 1. The summed E-state index contributed by atoms with van der Waals surface area (Å²) in [6, 6.07) is 8.28. The van der Waals surface area contributed by atoms with Crippen molar-refractivity contribution in [3.8, 4) is 5.75 Å². The monoisotopic (exact) mass is 399 g/mol. The Morgan fingerprint density at radius 1 is 1.07 bits per heavy atom. The van der Waals surface area contributed by atoms with Crippen LogP contribution in [0.25, 0.3) is 0 Å². The zero-order valence-corrected chi connectivity index (χ0v) is 18.6. The van der Waals surface area contributed by atoms with E-state index in [1.54, 1.807) is 7.11 Å². The Kier molecular flexibility index (Phi) is 5.54. The summed E-state index contributed by atoms with van der Waals surface area (Å²) in [5, 5.41) is 0. The van der Waals surface area contributed by atoms with Crippen LogP contribution in [-0.4, -0.2) is 68.6 Å². The summed E-state index contributed by atoms with van der Waals surface area (Å²) in [6.07, 6.45) is 3.34. The minimum atomic E-state index is -0.156. The van der Waals surface area contributed by atoms with Gasteiger partial charge in [-0.15, -0.1) is 0 Å². The fourth-order valence-electron chi connectivity index (χ4n) is 5.78. The number of anilines is 1. The highest BCUT2D eigenvalue weighted by Gasteiger charge is 2.60. The summed E-state index contributed by atoms with van der Waals surface area (Å²) in [5.41, 5.74) is 1.19. The number of benzene rings is 1. The number of ether oxygens (including phenoxy) is 1. The summed E-state index contributed by atoms with van der Waals surface area (Å²) in [4.78, 5) is 20.3. The van der Waals surface area contributed by atoms with Gasteiger partial charge in [-0.25, -0.2) is 0 Å². The molecule has 1 aromatic rings. The molecule has 160 valence electrons. The third-order valence-electron chi connectivity index (χ3n) is 8.34. The first-order valence-electron chi connectivity index (χ1n) is 11.3. The second kappa shape index (κ2) is 7.82. The van der Waals surface area contributed by atoms with Gasteiger partial charge in [-0.1, -0.05) is 32.9 Å². The molecule has 0 aromatic heterocycles. The van der Waals surface area contributed by atoms with E-state index < -0.39 is 0 Å². The first-order valence-corrected chi connectivity index (χ1v) is 11.3. The summed E-state index contributed by atoms with van der Waals surface area (Å²) in [6.45, 7) is 14.0. The third-order valence-corrected chi connectivity index (χ3v) is 8.34. The van der Waals surface area contributed by atoms with Crippen molar-refractivity contribution in [1.29, 1.82) is 0 Å². The number of carbonyl (C=O) groups is 1. The Bertz CT molecular complexity index is 741. The van der Waals surface area contributed by atoms with Crippen molar-refractivity contribution in [2.75, 3.05) is 57.8 Å². The third kappa shape index (κ3) is 3.52. The van der Waals surface area contributed by atoms with E-state index in [4.69, 9.17) is 4.74 Å². The normalized spacial score (nSPS) is 29.4. The van der Waals surface area contributed by atoms with Crippen molar-refractivity contribution in [1.82, 2.24) is 9.80 Å². The van der Waals surface area contributed by atoms with Gasteiger partial charge in [-0.3, -0.25) is 9.69 Å². The molecule has 1 aliphatic carbocycles. The molecule has 4 rings (SSSR count). The van der Waals surface area contributed by atoms with Gasteiger partial charge in [-0.05, 0) is 49.3 Å². The molecule has 2 saturated heterocycles. The van der Waals surface area contributed by atoms with Gasteiger partial charge in [-0.2, -0.15) is 0 Å². The maximum Gasteiger partial charge on any atom is 0.229 e. The van der Waals surface area contributed by atoms with E-state index in [1.807, 2.05) is 12.1 Å². The Balaban J connectivity index is 1.25. The highest BCUT2D eigenvalue weighted by molar-refractivity contribution is 5.85. The summed E-state index contributed by atoms with van der Waals surface area (Å²) in [7, 11) is 1.74. The lowest BCUT2D eigenvalue weighted by atomic mass is 9.62.